The summed E-state index contributed by atoms with van der Waals surface area (Å²) in [5.41, 5.74) is -0.699. The van der Waals surface area contributed by atoms with Crippen LogP contribution in [0.4, 0.5) is 47.3 Å². The van der Waals surface area contributed by atoms with E-state index in [0.29, 0.717) is 33.4 Å². The molecule has 0 saturated carbocycles. The van der Waals surface area contributed by atoms with Crippen LogP contribution in [0.5, 0.6) is 5.75 Å². The number of halogens is 3. The van der Waals surface area contributed by atoms with Gasteiger partial charge in [-0.1, -0.05) is 72.8 Å². The summed E-state index contributed by atoms with van der Waals surface area (Å²) in [6.07, 6.45) is 0. The van der Waals surface area contributed by atoms with Gasteiger partial charge in [-0.05, 0) is 66.7 Å². The van der Waals surface area contributed by atoms with Crippen LogP contribution in [0.3, 0.4) is 0 Å². The highest BCUT2D eigenvalue weighted by atomic mass is 32.2. The van der Waals surface area contributed by atoms with Gasteiger partial charge in [0.2, 0.25) is 0 Å². The second kappa shape index (κ2) is 11.9. The summed E-state index contributed by atoms with van der Waals surface area (Å²) in [5.74, 6) is -0.545. The first-order valence-electron chi connectivity index (χ1n) is 14.5. The topological polar surface area (TPSA) is 63.0 Å². The van der Waals surface area contributed by atoms with E-state index in [0.717, 1.165) is 17.1 Å². The lowest BCUT2D eigenvalue weighted by Crippen LogP contribution is -2.28. The molecule has 0 bridgehead atoms. The molecule has 0 aliphatic heterocycles. The predicted octanol–water partition coefficient (Wildman–Crippen LogP) is 10.8. The van der Waals surface area contributed by atoms with Crippen LogP contribution in [-0.4, -0.2) is 13.9 Å². The van der Waals surface area contributed by atoms with Crippen molar-refractivity contribution < 1.29 is 30.2 Å². The lowest BCUT2D eigenvalue weighted by atomic mass is 10.1. The summed E-state index contributed by atoms with van der Waals surface area (Å²) < 4.78 is 75.5. The number of rotatable bonds is 8. The third kappa shape index (κ3) is 5.75. The quantitative estimate of drug-likeness (QED) is 0.120. The fraction of sp³-hybridized carbons (Fsp3) is 0.0270. The SMILES string of the molecule is O=S(=O)(Oc1cc(N(c2ccccc2)c2ccccc2)c2c(c1)oc1ccc(N(c3ccccc3)c3ccccc3)cc12)C(F)(F)F. The first-order chi connectivity index (χ1) is 22.7. The molecule has 0 amide bonds. The monoisotopic (exact) mass is 650 g/mol. The highest BCUT2D eigenvalue weighted by molar-refractivity contribution is 7.88. The molecule has 1 aromatic heterocycles. The van der Waals surface area contributed by atoms with Crippen molar-refractivity contribution in [3.8, 4) is 5.75 Å². The van der Waals surface area contributed by atoms with E-state index in [4.69, 9.17) is 4.42 Å². The zero-order valence-corrected chi connectivity index (χ0v) is 25.3. The van der Waals surface area contributed by atoms with Crippen molar-refractivity contribution >= 4 is 66.2 Å². The molecule has 0 aliphatic carbocycles. The molecule has 7 aromatic rings. The Morgan fingerprint density at radius 1 is 0.532 bits per heavy atom. The number of fused-ring (bicyclic) bond motifs is 3. The van der Waals surface area contributed by atoms with E-state index in [9.17, 15) is 21.6 Å². The summed E-state index contributed by atoms with van der Waals surface area (Å²) >= 11 is 0. The molecule has 0 unspecified atom stereocenters. The van der Waals surface area contributed by atoms with Crippen molar-refractivity contribution in [3.63, 3.8) is 0 Å². The fourth-order valence-corrected chi connectivity index (χ4v) is 6.01. The van der Waals surface area contributed by atoms with Crippen molar-refractivity contribution in [3.05, 3.63) is 152 Å². The average molecular weight is 651 g/mol. The molecular weight excluding hydrogens is 625 g/mol. The highest BCUT2D eigenvalue weighted by Crippen LogP contribution is 2.47. The number of alkyl halides is 3. The molecule has 47 heavy (non-hydrogen) atoms. The minimum absolute atomic E-state index is 0.143. The van der Waals surface area contributed by atoms with Crippen LogP contribution in [-0.2, 0) is 10.1 Å². The second-order valence-electron chi connectivity index (χ2n) is 10.6. The summed E-state index contributed by atoms with van der Waals surface area (Å²) in [6.45, 7) is 0. The van der Waals surface area contributed by atoms with Crippen LogP contribution >= 0.6 is 0 Å². The fourth-order valence-electron chi connectivity index (χ4n) is 5.57. The van der Waals surface area contributed by atoms with Gasteiger partial charge in [-0.2, -0.15) is 21.6 Å². The van der Waals surface area contributed by atoms with Crippen molar-refractivity contribution in [2.75, 3.05) is 9.80 Å². The molecule has 0 saturated heterocycles. The standard InChI is InChI=1S/C37H25F3N2O4S/c38-37(39,40)47(43,44)46-31-24-33(42(28-17-9-3-10-18-28)29-19-11-4-12-20-29)36-32-23-30(21-22-34(32)45-35(36)25-31)41(26-13-5-1-6-14-26)27-15-7-2-8-16-27/h1-25H. The van der Waals surface area contributed by atoms with E-state index in [-0.39, 0.29) is 5.58 Å². The molecule has 0 aliphatic rings. The maximum atomic E-state index is 13.4. The minimum atomic E-state index is -5.97. The average Bonchev–Trinajstić information content (AvgIpc) is 3.44. The summed E-state index contributed by atoms with van der Waals surface area (Å²) in [7, 11) is -5.97. The van der Waals surface area contributed by atoms with Crippen LogP contribution in [0.1, 0.15) is 0 Å². The van der Waals surface area contributed by atoms with Gasteiger partial charge < -0.3 is 18.4 Å². The number of nitrogens with zero attached hydrogens (tertiary/aromatic N) is 2. The lowest BCUT2D eigenvalue weighted by Gasteiger charge is -2.27. The maximum Gasteiger partial charge on any atom is 0.534 e. The Bertz CT molecular complexity index is 2200. The van der Waals surface area contributed by atoms with Gasteiger partial charge in [-0.25, -0.2) is 0 Å². The van der Waals surface area contributed by atoms with E-state index in [2.05, 4.69) is 9.08 Å². The summed E-state index contributed by atoms with van der Waals surface area (Å²) in [4.78, 5) is 3.90. The highest BCUT2D eigenvalue weighted by Gasteiger charge is 2.48. The Labute approximate surface area is 268 Å². The summed E-state index contributed by atoms with van der Waals surface area (Å²) in [5, 5.41) is 1.21. The van der Waals surface area contributed by atoms with E-state index in [1.165, 1.54) is 12.1 Å². The van der Waals surface area contributed by atoms with Gasteiger partial charge in [0.25, 0.3) is 0 Å². The van der Waals surface area contributed by atoms with Gasteiger partial charge in [0.15, 0.2) is 0 Å². The van der Waals surface area contributed by atoms with Gasteiger partial charge in [0, 0.05) is 46.0 Å². The van der Waals surface area contributed by atoms with Gasteiger partial charge >= 0.3 is 15.6 Å². The van der Waals surface area contributed by atoms with Crippen LogP contribution in [0.2, 0.25) is 0 Å². The van der Waals surface area contributed by atoms with Crippen molar-refractivity contribution in [1.82, 2.24) is 0 Å². The molecule has 0 spiro atoms. The number of furan rings is 1. The molecule has 234 valence electrons. The Hall–Kier alpha value is -5.74. The zero-order valence-electron chi connectivity index (χ0n) is 24.5. The Morgan fingerprint density at radius 3 is 1.47 bits per heavy atom. The molecule has 6 nitrogen and oxygen atoms in total. The van der Waals surface area contributed by atoms with E-state index in [1.807, 2.05) is 138 Å². The molecule has 0 fully saturated rings. The smallest absolute Gasteiger partial charge is 0.456 e. The van der Waals surface area contributed by atoms with Gasteiger partial charge in [0.05, 0.1) is 11.1 Å². The normalized spacial score (nSPS) is 11.9. The number of hydrogen-bond donors (Lipinski definition) is 0. The van der Waals surface area contributed by atoms with Crippen LogP contribution < -0.4 is 14.0 Å². The molecule has 0 N–H and O–H groups in total. The van der Waals surface area contributed by atoms with Crippen LogP contribution in [0.15, 0.2) is 156 Å². The summed E-state index contributed by atoms with van der Waals surface area (Å²) in [6, 6.07) is 46.1. The number of benzene rings is 6. The van der Waals surface area contributed by atoms with Crippen molar-refractivity contribution in [2.24, 2.45) is 0 Å². The van der Waals surface area contributed by atoms with E-state index in [1.54, 1.807) is 6.07 Å². The largest absolute Gasteiger partial charge is 0.534 e. The number of anilines is 6. The lowest BCUT2D eigenvalue weighted by molar-refractivity contribution is -0.0500. The van der Waals surface area contributed by atoms with E-state index >= 15 is 0 Å². The third-order valence-electron chi connectivity index (χ3n) is 7.55. The Kier molecular flexibility index (Phi) is 7.57. The van der Waals surface area contributed by atoms with Crippen molar-refractivity contribution in [1.29, 1.82) is 0 Å². The predicted molar refractivity (Wildman–Crippen MR) is 179 cm³/mol. The number of hydrogen-bond acceptors (Lipinski definition) is 6. The first-order valence-corrected chi connectivity index (χ1v) is 15.9. The zero-order chi connectivity index (χ0) is 32.6. The molecular formula is C37H25F3N2O4S. The second-order valence-corrected chi connectivity index (χ2v) is 12.1. The first kappa shape index (κ1) is 29.9. The minimum Gasteiger partial charge on any atom is -0.456 e. The van der Waals surface area contributed by atoms with Gasteiger partial charge in [-0.3, -0.25) is 0 Å². The Balaban J connectivity index is 1.52. The van der Waals surface area contributed by atoms with Gasteiger partial charge in [-0.15, -0.1) is 0 Å². The molecule has 6 aromatic carbocycles. The molecule has 7 rings (SSSR count). The molecule has 0 atom stereocenters. The third-order valence-corrected chi connectivity index (χ3v) is 8.53. The van der Waals surface area contributed by atoms with Crippen LogP contribution in [0.25, 0.3) is 21.9 Å². The Morgan fingerprint density at radius 2 is 1.00 bits per heavy atom. The van der Waals surface area contributed by atoms with Gasteiger partial charge in [0.1, 0.15) is 16.9 Å². The molecule has 0 radical (unpaired) electrons. The maximum absolute atomic E-state index is 13.4. The van der Waals surface area contributed by atoms with E-state index < -0.39 is 21.4 Å². The van der Waals surface area contributed by atoms with Crippen molar-refractivity contribution in [2.45, 2.75) is 5.51 Å². The molecule has 10 heteroatoms. The van der Waals surface area contributed by atoms with Crippen LogP contribution in [0, 0.1) is 0 Å². The number of para-hydroxylation sites is 4. The molecule has 1 heterocycles.